The minimum atomic E-state index is -3.82. The fraction of sp³-hybridized carbons (Fsp3) is 0.562. The zero-order valence-corrected chi connectivity index (χ0v) is 17.2. The molecule has 0 N–H and O–H groups in total. The zero-order valence-electron chi connectivity index (χ0n) is 14.8. The van der Waals surface area contributed by atoms with Gasteiger partial charge in [-0.15, -0.1) is 0 Å². The molecule has 1 aromatic carbocycles. The molecular weight excluding hydrogens is 402 g/mol. The molecule has 0 saturated heterocycles. The van der Waals surface area contributed by atoms with E-state index in [1.165, 1.54) is 6.07 Å². The summed E-state index contributed by atoms with van der Waals surface area (Å²) in [6, 6.07) is 3.10. The third-order valence-electron chi connectivity index (χ3n) is 4.19. The van der Waals surface area contributed by atoms with Gasteiger partial charge in [-0.25, -0.2) is 13.4 Å². The van der Waals surface area contributed by atoms with Crippen molar-refractivity contribution in [2.75, 3.05) is 6.26 Å². The summed E-state index contributed by atoms with van der Waals surface area (Å²) in [7, 11) is -7.44. The van der Waals surface area contributed by atoms with Crippen LogP contribution in [0.4, 0.5) is 0 Å². The second-order valence-corrected chi connectivity index (χ2v) is 11.7. The highest BCUT2D eigenvalue weighted by atomic mass is 35.5. The van der Waals surface area contributed by atoms with Crippen LogP contribution in [0.3, 0.4) is 0 Å². The smallest absolute Gasteiger partial charge is 0.264 e. The van der Waals surface area contributed by atoms with Crippen molar-refractivity contribution in [2.45, 2.75) is 55.3 Å². The molecular formula is C16H20ClNO6S2. The number of nitrogens with zero attached hydrogens (tertiary/aromatic N) is 1. The van der Waals surface area contributed by atoms with Gasteiger partial charge in [-0.05, 0) is 25.0 Å². The first kappa shape index (κ1) is 19.6. The van der Waals surface area contributed by atoms with Gasteiger partial charge in [-0.2, -0.15) is 8.42 Å². The summed E-state index contributed by atoms with van der Waals surface area (Å²) in [4.78, 5) is 4.28. The lowest BCUT2D eigenvalue weighted by Crippen LogP contribution is -2.42. The first-order valence-corrected chi connectivity index (χ1v) is 11.7. The predicted octanol–water partition coefficient (Wildman–Crippen LogP) is 3.06. The van der Waals surface area contributed by atoms with E-state index in [1.54, 1.807) is 6.07 Å². The number of fused-ring (bicyclic) bond motifs is 1. The Bertz CT molecular complexity index is 1060. The molecule has 0 spiro atoms. The van der Waals surface area contributed by atoms with Gasteiger partial charge >= 0.3 is 0 Å². The van der Waals surface area contributed by atoms with E-state index in [-0.39, 0.29) is 28.3 Å². The second-order valence-electron chi connectivity index (χ2n) is 7.55. The largest absolute Gasteiger partial charge is 0.439 e. The molecule has 1 saturated carbocycles. The number of hydrogen-bond donors (Lipinski definition) is 0. The summed E-state index contributed by atoms with van der Waals surface area (Å²) < 4.78 is 59.0. The highest BCUT2D eigenvalue weighted by Gasteiger charge is 2.44. The van der Waals surface area contributed by atoms with E-state index in [0.717, 1.165) is 6.26 Å². The molecule has 1 fully saturated rings. The van der Waals surface area contributed by atoms with Crippen LogP contribution in [0.5, 0.6) is 0 Å². The fourth-order valence-corrected chi connectivity index (χ4v) is 5.93. The Balaban J connectivity index is 1.99. The summed E-state index contributed by atoms with van der Waals surface area (Å²) in [5.41, 5.74) is 0.160. The van der Waals surface area contributed by atoms with Gasteiger partial charge in [-0.3, -0.25) is 4.18 Å². The topological polar surface area (TPSA) is 104 Å². The van der Waals surface area contributed by atoms with Crippen LogP contribution in [0.2, 0.25) is 5.02 Å². The molecule has 0 aliphatic heterocycles. The lowest BCUT2D eigenvalue weighted by molar-refractivity contribution is 0.131. The summed E-state index contributed by atoms with van der Waals surface area (Å²) in [6.07, 6.45) is 0.474. The average Bonchev–Trinajstić information content (AvgIpc) is 2.84. The molecule has 0 amide bonds. The number of halogens is 1. The molecule has 144 valence electrons. The van der Waals surface area contributed by atoms with E-state index in [2.05, 4.69) is 4.98 Å². The van der Waals surface area contributed by atoms with E-state index in [0.29, 0.717) is 11.4 Å². The first-order chi connectivity index (χ1) is 11.8. The van der Waals surface area contributed by atoms with Crippen molar-refractivity contribution in [1.82, 2.24) is 4.98 Å². The van der Waals surface area contributed by atoms with Gasteiger partial charge in [0.05, 0.1) is 22.6 Å². The van der Waals surface area contributed by atoms with Crippen LogP contribution >= 0.6 is 11.6 Å². The summed E-state index contributed by atoms with van der Waals surface area (Å²) in [6.45, 7) is 5.73. The van der Waals surface area contributed by atoms with E-state index >= 15 is 0 Å². The Morgan fingerprint density at radius 1 is 1.19 bits per heavy atom. The summed E-state index contributed by atoms with van der Waals surface area (Å²) in [5.74, 6) is 0.415. The zero-order chi connectivity index (χ0) is 19.5. The number of hydrogen-bond acceptors (Lipinski definition) is 7. The molecule has 0 bridgehead atoms. The number of sulfone groups is 1. The van der Waals surface area contributed by atoms with Crippen LogP contribution in [0.25, 0.3) is 11.1 Å². The van der Waals surface area contributed by atoms with Gasteiger partial charge in [0, 0.05) is 5.41 Å². The molecule has 1 aliphatic carbocycles. The van der Waals surface area contributed by atoms with E-state index in [1.807, 2.05) is 20.8 Å². The van der Waals surface area contributed by atoms with Crippen LogP contribution in [0.15, 0.2) is 21.4 Å². The maximum Gasteiger partial charge on any atom is 0.264 e. The van der Waals surface area contributed by atoms with Gasteiger partial charge in [0.15, 0.2) is 15.4 Å². The third kappa shape index (κ3) is 3.62. The number of rotatable bonds is 4. The average molecular weight is 422 g/mol. The SMILES string of the molecule is CC(C)(C)c1nc2ccc(Cl)c(S(=O)(=O)C3CC(OS(C)(=O)=O)C3)c2o1. The Kier molecular flexibility index (Phi) is 4.66. The molecule has 1 aliphatic rings. The number of benzene rings is 1. The quantitative estimate of drug-likeness (QED) is 0.698. The fourth-order valence-electron chi connectivity index (χ4n) is 2.79. The molecule has 0 atom stereocenters. The van der Waals surface area contributed by atoms with Crippen LogP contribution in [0, 0.1) is 0 Å². The van der Waals surface area contributed by atoms with Crippen LogP contribution in [-0.4, -0.2) is 39.4 Å². The van der Waals surface area contributed by atoms with Gasteiger partial charge < -0.3 is 4.42 Å². The second kappa shape index (κ2) is 6.19. The molecule has 1 aromatic heterocycles. The van der Waals surface area contributed by atoms with Crippen molar-refractivity contribution < 1.29 is 25.4 Å². The van der Waals surface area contributed by atoms with Gasteiger partial charge in [0.1, 0.15) is 10.4 Å². The van der Waals surface area contributed by atoms with Crippen molar-refractivity contribution in [3.05, 3.63) is 23.0 Å². The normalized spacial score (nSPS) is 21.7. The van der Waals surface area contributed by atoms with Gasteiger partial charge in [-0.1, -0.05) is 32.4 Å². The molecule has 1 heterocycles. The van der Waals surface area contributed by atoms with Crippen molar-refractivity contribution in [3.8, 4) is 0 Å². The van der Waals surface area contributed by atoms with Crippen molar-refractivity contribution in [3.63, 3.8) is 0 Å². The molecule has 26 heavy (non-hydrogen) atoms. The lowest BCUT2D eigenvalue weighted by atomic mass is 9.96. The minimum absolute atomic E-state index is 0.0570. The Morgan fingerprint density at radius 3 is 2.35 bits per heavy atom. The molecule has 0 unspecified atom stereocenters. The molecule has 0 radical (unpaired) electrons. The van der Waals surface area contributed by atoms with Crippen LogP contribution in [0.1, 0.15) is 39.5 Å². The van der Waals surface area contributed by atoms with E-state index in [4.69, 9.17) is 20.2 Å². The van der Waals surface area contributed by atoms with Crippen LogP contribution < -0.4 is 0 Å². The summed E-state index contributed by atoms with van der Waals surface area (Å²) >= 11 is 6.19. The maximum absolute atomic E-state index is 13.0. The van der Waals surface area contributed by atoms with Crippen LogP contribution in [-0.2, 0) is 29.6 Å². The Hall–Kier alpha value is -1.16. The Labute approximate surface area is 157 Å². The summed E-state index contributed by atoms with van der Waals surface area (Å²) in [5, 5.41) is -0.720. The van der Waals surface area contributed by atoms with Gasteiger partial charge in [0.25, 0.3) is 10.1 Å². The van der Waals surface area contributed by atoms with E-state index in [9.17, 15) is 16.8 Å². The highest BCUT2D eigenvalue weighted by molar-refractivity contribution is 7.92. The predicted molar refractivity (Wildman–Crippen MR) is 97.6 cm³/mol. The van der Waals surface area contributed by atoms with E-state index < -0.39 is 36.7 Å². The molecule has 7 nitrogen and oxygen atoms in total. The van der Waals surface area contributed by atoms with Crippen molar-refractivity contribution in [1.29, 1.82) is 0 Å². The molecule has 10 heteroatoms. The third-order valence-corrected chi connectivity index (χ3v) is 7.48. The number of aromatic nitrogens is 1. The Morgan fingerprint density at radius 2 is 1.81 bits per heavy atom. The number of oxazole rings is 1. The molecule has 3 rings (SSSR count). The highest BCUT2D eigenvalue weighted by Crippen LogP contribution is 2.40. The maximum atomic E-state index is 13.0. The van der Waals surface area contributed by atoms with Crippen molar-refractivity contribution >= 4 is 42.7 Å². The monoisotopic (exact) mass is 421 g/mol. The lowest BCUT2D eigenvalue weighted by Gasteiger charge is -2.33. The standard InChI is InChI=1S/C16H20ClNO6S2/c1-16(2,3)15-18-12-6-5-11(17)14(13(12)23-15)26(21,22)10-7-9(8-10)24-25(4,19)20/h5-6,9-10H,7-8H2,1-4H3. The van der Waals surface area contributed by atoms with Crippen molar-refractivity contribution in [2.24, 2.45) is 0 Å². The van der Waals surface area contributed by atoms with Gasteiger partial charge in [0.2, 0.25) is 5.89 Å². The first-order valence-electron chi connectivity index (χ1n) is 8.01. The molecule has 2 aromatic rings. The minimum Gasteiger partial charge on any atom is -0.439 e.